The molecule has 2 heteroatoms. The van der Waals surface area contributed by atoms with E-state index in [1.165, 1.54) is 0 Å². The molecule has 1 nitrogen and oxygen atoms in total. The van der Waals surface area contributed by atoms with Gasteiger partial charge in [-0.25, -0.2) is 4.39 Å². The van der Waals surface area contributed by atoms with Crippen LogP contribution < -0.4 is 0 Å². The standard InChI is InChI=1S/C9H19FO/c1-5-9(3,10)6-8(2)7-11-4/h8H,5-7H2,1-4H3/t8-,9-/m0/s1. The molecule has 0 aliphatic carbocycles. The van der Waals surface area contributed by atoms with E-state index in [9.17, 15) is 4.39 Å². The summed E-state index contributed by atoms with van der Waals surface area (Å²) in [5, 5.41) is 0. The molecular weight excluding hydrogens is 143 g/mol. The number of alkyl halides is 1. The quantitative estimate of drug-likeness (QED) is 0.604. The van der Waals surface area contributed by atoms with Crippen LogP contribution in [0.5, 0.6) is 0 Å². The Balaban J connectivity index is 3.64. The van der Waals surface area contributed by atoms with Crippen LogP contribution in [0.2, 0.25) is 0 Å². The fourth-order valence-corrected chi connectivity index (χ4v) is 1.21. The lowest BCUT2D eigenvalue weighted by Crippen LogP contribution is -2.22. The molecule has 0 amide bonds. The average Bonchev–Trinajstić information content (AvgIpc) is 1.87. The van der Waals surface area contributed by atoms with Crippen molar-refractivity contribution in [3.63, 3.8) is 0 Å². The van der Waals surface area contributed by atoms with Gasteiger partial charge < -0.3 is 4.74 Å². The third kappa shape index (κ3) is 5.19. The van der Waals surface area contributed by atoms with Gasteiger partial charge in [0.05, 0.1) is 0 Å². The summed E-state index contributed by atoms with van der Waals surface area (Å²) in [6, 6.07) is 0. The van der Waals surface area contributed by atoms with Crippen LogP contribution >= 0.6 is 0 Å². The number of hydrogen-bond acceptors (Lipinski definition) is 1. The Labute approximate surface area is 68.9 Å². The molecule has 0 aliphatic rings. The van der Waals surface area contributed by atoms with E-state index >= 15 is 0 Å². The van der Waals surface area contributed by atoms with Gasteiger partial charge in [-0.15, -0.1) is 0 Å². The lowest BCUT2D eigenvalue weighted by molar-refractivity contribution is 0.0951. The van der Waals surface area contributed by atoms with E-state index in [4.69, 9.17) is 4.74 Å². The smallest absolute Gasteiger partial charge is 0.108 e. The third-order valence-corrected chi connectivity index (χ3v) is 1.96. The maximum Gasteiger partial charge on any atom is 0.108 e. The maximum absolute atomic E-state index is 13.3. The average molecular weight is 162 g/mol. The van der Waals surface area contributed by atoms with Crippen molar-refractivity contribution >= 4 is 0 Å². The van der Waals surface area contributed by atoms with Gasteiger partial charge in [0.1, 0.15) is 5.67 Å². The van der Waals surface area contributed by atoms with E-state index in [0.717, 1.165) is 0 Å². The highest BCUT2D eigenvalue weighted by Gasteiger charge is 2.23. The van der Waals surface area contributed by atoms with Gasteiger partial charge in [0.15, 0.2) is 0 Å². The van der Waals surface area contributed by atoms with Crippen LogP contribution in [0.15, 0.2) is 0 Å². The first kappa shape index (κ1) is 10.9. The molecule has 68 valence electrons. The Morgan fingerprint density at radius 3 is 2.45 bits per heavy atom. The van der Waals surface area contributed by atoms with Crippen LogP contribution in [0.4, 0.5) is 4.39 Å². The highest BCUT2D eigenvalue weighted by Crippen LogP contribution is 2.24. The van der Waals surface area contributed by atoms with Crippen LogP contribution in [0.25, 0.3) is 0 Å². The molecule has 0 spiro atoms. The third-order valence-electron chi connectivity index (χ3n) is 1.96. The fourth-order valence-electron chi connectivity index (χ4n) is 1.21. The monoisotopic (exact) mass is 162 g/mol. The molecule has 0 aliphatic heterocycles. The van der Waals surface area contributed by atoms with E-state index < -0.39 is 5.67 Å². The highest BCUT2D eigenvalue weighted by atomic mass is 19.1. The van der Waals surface area contributed by atoms with Crippen LogP contribution in [0, 0.1) is 5.92 Å². The lowest BCUT2D eigenvalue weighted by Gasteiger charge is -2.21. The molecule has 0 saturated heterocycles. The van der Waals surface area contributed by atoms with Gasteiger partial charge >= 0.3 is 0 Å². The molecule has 0 heterocycles. The molecule has 0 N–H and O–H groups in total. The van der Waals surface area contributed by atoms with Crippen molar-refractivity contribution in [1.82, 2.24) is 0 Å². The fraction of sp³-hybridized carbons (Fsp3) is 1.00. The Bertz CT molecular complexity index is 102. The summed E-state index contributed by atoms with van der Waals surface area (Å²) in [4.78, 5) is 0. The van der Waals surface area contributed by atoms with Crippen molar-refractivity contribution in [3.05, 3.63) is 0 Å². The molecule has 0 unspecified atom stereocenters. The van der Waals surface area contributed by atoms with E-state index in [2.05, 4.69) is 0 Å². The summed E-state index contributed by atoms with van der Waals surface area (Å²) >= 11 is 0. The van der Waals surface area contributed by atoms with Gasteiger partial charge in [-0.05, 0) is 25.7 Å². The van der Waals surface area contributed by atoms with E-state index in [1.54, 1.807) is 14.0 Å². The van der Waals surface area contributed by atoms with Crippen molar-refractivity contribution in [2.24, 2.45) is 5.92 Å². The van der Waals surface area contributed by atoms with Gasteiger partial charge in [-0.3, -0.25) is 0 Å². The summed E-state index contributed by atoms with van der Waals surface area (Å²) in [6.45, 7) is 6.19. The molecule has 0 aromatic rings. The first-order valence-electron chi connectivity index (χ1n) is 4.19. The van der Waals surface area contributed by atoms with E-state index in [-0.39, 0.29) is 0 Å². The normalized spacial score (nSPS) is 19.4. The molecule has 11 heavy (non-hydrogen) atoms. The van der Waals surface area contributed by atoms with E-state index in [1.807, 2.05) is 13.8 Å². The minimum atomic E-state index is -1.02. The van der Waals surface area contributed by atoms with Gasteiger partial charge in [0.2, 0.25) is 0 Å². The molecule has 0 saturated carbocycles. The largest absolute Gasteiger partial charge is 0.384 e. The van der Waals surface area contributed by atoms with Crippen LogP contribution in [-0.2, 0) is 4.74 Å². The Hall–Kier alpha value is -0.110. The Morgan fingerprint density at radius 1 is 1.55 bits per heavy atom. The molecule has 0 fully saturated rings. The summed E-state index contributed by atoms with van der Waals surface area (Å²) in [7, 11) is 1.65. The number of hydrogen-bond donors (Lipinski definition) is 0. The Morgan fingerprint density at radius 2 is 2.09 bits per heavy atom. The van der Waals surface area contributed by atoms with Crippen molar-refractivity contribution in [2.45, 2.75) is 39.3 Å². The second kappa shape index (κ2) is 4.70. The molecular formula is C9H19FO. The maximum atomic E-state index is 13.3. The number of halogens is 1. The zero-order valence-corrected chi connectivity index (χ0v) is 7.98. The zero-order chi connectivity index (χ0) is 8.91. The molecule has 0 rings (SSSR count). The predicted molar refractivity (Wildman–Crippen MR) is 45.5 cm³/mol. The summed E-state index contributed by atoms with van der Waals surface area (Å²) in [5.41, 5.74) is -1.02. The molecule has 2 atom stereocenters. The van der Waals surface area contributed by atoms with Crippen LogP contribution in [0.3, 0.4) is 0 Å². The van der Waals surface area contributed by atoms with Gasteiger partial charge in [0, 0.05) is 13.7 Å². The SMILES string of the molecule is CC[C@](C)(F)C[C@H](C)COC. The topological polar surface area (TPSA) is 9.23 Å². The molecule has 0 aromatic heterocycles. The summed E-state index contributed by atoms with van der Waals surface area (Å²) in [6.07, 6.45) is 1.18. The second-order valence-corrected chi connectivity index (χ2v) is 3.53. The van der Waals surface area contributed by atoms with Crippen LogP contribution in [0.1, 0.15) is 33.6 Å². The first-order valence-corrected chi connectivity index (χ1v) is 4.19. The van der Waals surface area contributed by atoms with Crippen molar-refractivity contribution in [2.75, 3.05) is 13.7 Å². The minimum absolute atomic E-state index is 0.315. The summed E-state index contributed by atoms with van der Waals surface area (Å²) in [5.74, 6) is 0.315. The molecule has 0 bridgehead atoms. The number of ether oxygens (including phenoxy) is 1. The zero-order valence-electron chi connectivity index (χ0n) is 7.98. The lowest BCUT2D eigenvalue weighted by atomic mass is 9.93. The Kier molecular flexibility index (Phi) is 4.66. The van der Waals surface area contributed by atoms with Crippen molar-refractivity contribution < 1.29 is 9.13 Å². The number of rotatable bonds is 5. The minimum Gasteiger partial charge on any atom is -0.384 e. The highest BCUT2D eigenvalue weighted by molar-refractivity contribution is 4.73. The van der Waals surface area contributed by atoms with Crippen molar-refractivity contribution in [1.29, 1.82) is 0 Å². The van der Waals surface area contributed by atoms with Gasteiger partial charge in [0.25, 0.3) is 0 Å². The van der Waals surface area contributed by atoms with E-state index in [0.29, 0.717) is 25.4 Å². The predicted octanol–water partition coefficient (Wildman–Crippen LogP) is 2.80. The molecule has 0 aromatic carbocycles. The first-order chi connectivity index (χ1) is 5.02. The van der Waals surface area contributed by atoms with Gasteiger partial charge in [-0.1, -0.05) is 13.8 Å². The second-order valence-electron chi connectivity index (χ2n) is 3.53. The van der Waals surface area contributed by atoms with Crippen molar-refractivity contribution in [3.8, 4) is 0 Å². The molecule has 0 radical (unpaired) electrons. The number of methoxy groups -OCH3 is 1. The van der Waals surface area contributed by atoms with Crippen LogP contribution in [-0.4, -0.2) is 19.4 Å². The van der Waals surface area contributed by atoms with Gasteiger partial charge in [-0.2, -0.15) is 0 Å². The summed E-state index contributed by atoms with van der Waals surface area (Å²) < 4.78 is 18.3.